The van der Waals surface area contributed by atoms with Crippen molar-refractivity contribution < 1.29 is 9.84 Å². The molecular formula is C17H28N2O2. The van der Waals surface area contributed by atoms with Crippen molar-refractivity contribution in [2.24, 2.45) is 0 Å². The van der Waals surface area contributed by atoms with Crippen LogP contribution in [-0.2, 0) is 0 Å². The number of aryl methyl sites for hydroxylation is 1. The molecule has 21 heavy (non-hydrogen) atoms. The Hall–Kier alpha value is -1.10. The van der Waals surface area contributed by atoms with Crippen LogP contribution in [-0.4, -0.2) is 55.4 Å². The van der Waals surface area contributed by atoms with Gasteiger partial charge in [0.25, 0.3) is 0 Å². The number of aliphatic hydroxyl groups is 1. The molecule has 0 saturated carbocycles. The monoisotopic (exact) mass is 292 g/mol. The van der Waals surface area contributed by atoms with E-state index in [1.54, 1.807) is 0 Å². The second-order valence-corrected chi connectivity index (χ2v) is 5.88. The van der Waals surface area contributed by atoms with Crippen molar-refractivity contribution in [1.29, 1.82) is 0 Å². The number of nitrogens with one attached hydrogen (secondary N) is 1. The van der Waals surface area contributed by atoms with Gasteiger partial charge in [-0.2, -0.15) is 0 Å². The Morgan fingerprint density at radius 1 is 1.24 bits per heavy atom. The van der Waals surface area contributed by atoms with Crippen LogP contribution in [0.25, 0.3) is 0 Å². The topological polar surface area (TPSA) is 44.7 Å². The highest BCUT2D eigenvalue weighted by atomic mass is 16.5. The van der Waals surface area contributed by atoms with Crippen LogP contribution < -0.4 is 10.1 Å². The van der Waals surface area contributed by atoms with Gasteiger partial charge in [0.15, 0.2) is 0 Å². The minimum Gasteiger partial charge on any atom is -0.491 e. The summed E-state index contributed by atoms with van der Waals surface area (Å²) >= 11 is 0. The van der Waals surface area contributed by atoms with Crippen molar-refractivity contribution in [3.05, 3.63) is 29.8 Å². The molecule has 0 radical (unpaired) electrons. The Bertz CT molecular complexity index is 388. The summed E-state index contributed by atoms with van der Waals surface area (Å²) < 4.78 is 5.56. The fourth-order valence-electron chi connectivity index (χ4n) is 2.59. The lowest BCUT2D eigenvalue weighted by atomic mass is 10.2. The second kappa shape index (κ2) is 9.03. The molecule has 1 saturated heterocycles. The van der Waals surface area contributed by atoms with Crippen LogP contribution >= 0.6 is 0 Å². The van der Waals surface area contributed by atoms with Crippen molar-refractivity contribution in [3.63, 3.8) is 0 Å². The van der Waals surface area contributed by atoms with Crippen LogP contribution in [0.4, 0.5) is 0 Å². The molecule has 0 spiro atoms. The first-order valence-electron chi connectivity index (χ1n) is 8.04. The average Bonchev–Trinajstić information content (AvgIpc) is 2.99. The smallest absolute Gasteiger partial charge is 0.119 e. The minimum absolute atomic E-state index is 0.336. The van der Waals surface area contributed by atoms with E-state index in [-0.39, 0.29) is 0 Å². The lowest BCUT2D eigenvalue weighted by Crippen LogP contribution is -2.33. The van der Waals surface area contributed by atoms with Crippen molar-refractivity contribution in [2.45, 2.75) is 32.3 Å². The first-order valence-corrected chi connectivity index (χ1v) is 8.04. The summed E-state index contributed by atoms with van der Waals surface area (Å²) in [6, 6.07) is 7.90. The van der Waals surface area contributed by atoms with Gasteiger partial charge >= 0.3 is 0 Å². The van der Waals surface area contributed by atoms with Gasteiger partial charge in [-0.25, -0.2) is 0 Å². The SMILES string of the molecule is Cc1ccc(OCC(O)CNCCCN2CCCC2)cc1. The number of nitrogens with zero attached hydrogens (tertiary/aromatic N) is 1. The summed E-state index contributed by atoms with van der Waals surface area (Å²) in [5.74, 6) is 0.814. The lowest BCUT2D eigenvalue weighted by Gasteiger charge is -2.16. The molecular weight excluding hydrogens is 264 g/mol. The molecule has 4 nitrogen and oxygen atoms in total. The van der Waals surface area contributed by atoms with E-state index in [9.17, 15) is 5.11 Å². The van der Waals surface area contributed by atoms with Crippen LogP contribution in [0.1, 0.15) is 24.8 Å². The van der Waals surface area contributed by atoms with Crippen LogP contribution in [0.2, 0.25) is 0 Å². The number of aliphatic hydroxyl groups excluding tert-OH is 1. The predicted octanol–water partition coefficient (Wildman–Crippen LogP) is 1.81. The number of ether oxygens (including phenoxy) is 1. The minimum atomic E-state index is -0.460. The van der Waals surface area contributed by atoms with E-state index in [4.69, 9.17) is 4.74 Å². The summed E-state index contributed by atoms with van der Waals surface area (Å²) in [7, 11) is 0. The van der Waals surface area contributed by atoms with E-state index in [1.807, 2.05) is 31.2 Å². The molecule has 118 valence electrons. The van der Waals surface area contributed by atoms with Gasteiger partial charge in [0.2, 0.25) is 0 Å². The highest BCUT2D eigenvalue weighted by Gasteiger charge is 2.10. The predicted molar refractivity (Wildman–Crippen MR) is 85.8 cm³/mol. The Kier molecular flexibility index (Phi) is 7.00. The van der Waals surface area contributed by atoms with E-state index in [0.29, 0.717) is 13.2 Å². The number of hydrogen-bond acceptors (Lipinski definition) is 4. The summed E-state index contributed by atoms with van der Waals surface area (Å²) in [5.41, 5.74) is 1.21. The maximum atomic E-state index is 9.88. The molecule has 1 aromatic carbocycles. The third kappa shape index (κ3) is 6.46. The molecule has 0 amide bonds. The summed E-state index contributed by atoms with van der Waals surface area (Å²) in [4.78, 5) is 2.51. The second-order valence-electron chi connectivity index (χ2n) is 5.88. The summed E-state index contributed by atoms with van der Waals surface area (Å²) in [6.07, 6.45) is 3.38. The number of hydrogen-bond donors (Lipinski definition) is 2. The van der Waals surface area contributed by atoms with Crippen molar-refractivity contribution >= 4 is 0 Å². The van der Waals surface area contributed by atoms with Crippen molar-refractivity contribution in [3.8, 4) is 5.75 Å². The maximum absolute atomic E-state index is 9.88. The van der Waals surface area contributed by atoms with Crippen molar-refractivity contribution in [1.82, 2.24) is 10.2 Å². The third-order valence-electron chi connectivity index (χ3n) is 3.87. The fraction of sp³-hybridized carbons (Fsp3) is 0.647. The Morgan fingerprint density at radius 3 is 2.67 bits per heavy atom. The zero-order valence-corrected chi connectivity index (χ0v) is 13.1. The number of rotatable bonds is 9. The largest absolute Gasteiger partial charge is 0.491 e. The lowest BCUT2D eigenvalue weighted by molar-refractivity contribution is 0.106. The first kappa shape index (κ1) is 16.3. The van der Waals surface area contributed by atoms with Crippen LogP contribution in [0, 0.1) is 6.92 Å². The molecule has 1 heterocycles. The molecule has 0 aromatic heterocycles. The van der Waals surface area contributed by atoms with Crippen molar-refractivity contribution in [2.75, 3.05) is 39.3 Å². The highest BCUT2D eigenvalue weighted by molar-refractivity contribution is 5.26. The molecule has 1 atom stereocenters. The zero-order chi connectivity index (χ0) is 14.9. The molecule has 0 aliphatic carbocycles. The van der Waals surface area contributed by atoms with E-state index >= 15 is 0 Å². The van der Waals surface area contributed by atoms with Crippen LogP contribution in [0.5, 0.6) is 5.75 Å². The van der Waals surface area contributed by atoms with E-state index in [2.05, 4.69) is 10.2 Å². The molecule has 1 aliphatic heterocycles. The van der Waals surface area contributed by atoms with E-state index in [0.717, 1.165) is 18.7 Å². The maximum Gasteiger partial charge on any atom is 0.119 e. The van der Waals surface area contributed by atoms with Crippen LogP contribution in [0.15, 0.2) is 24.3 Å². The first-order chi connectivity index (χ1) is 10.2. The Balaban J connectivity index is 1.49. The van der Waals surface area contributed by atoms with Gasteiger partial charge in [-0.3, -0.25) is 0 Å². The van der Waals surface area contributed by atoms with Gasteiger partial charge in [-0.1, -0.05) is 17.7 Å². The molecule has 2 rings (SSSR count). The van der Waals surface area contributed by atoms with Gasteiger partial charge < -0.3 is 20.1 Å². The molecule has 0 bridgehead atoms. The quantitative estimate of drug-likeness (QED) is 0.681. The standard InChI is InChI=1S/C17H28N2O2/c1-15-5-7-17(8-6-15)21-14-16(20)13-18-9-4-12-19-10-2-3-11-19/h5-8,16,18,20H,2-4,9-14H2,1H3. The van der Waals surface area contributed by atoms with Crippen LogP contribution in [0.3, 0.4) is 0 Å². The molecule has 1 fully saturated rings. The molecule has 2 N–H and O–H groups in total. The Labute approximate surface area is 128 Å². The summed E-state index contributed by atoms with van der Waals surface area (Å²) in [5, 5.41) is 13.2. The highest BCUT2D eigenvalue weighted by Crippen LogP contribution is 2.11. The van der Waals surface area contributed by atoms with Gasteiger partial charge in [-0.05, 0) is 64.5 Å². The van der Waals surface area contributed by atoms with Gasteiger partial charge in [0, 0.05) is 6.54 Å². The van der Waals surface area contributed by atoms with Gasteiger partial charge in [0.05, 0.1) is 0 Å². The zero-order valence-electron chi connectivity index (χ0n) is 13.1. The Morgan fingerprint density at radius 2 is 1.95 bits per heavy atom. The van der Waals surface area contributed by atoms with E-state index in [1.165, 1.54) is 38.0 Å². The average molecular weight is 292 g/mol. The third-order valence-corrected chi connectivity index (χ3v) is 3.87. The molecule has 1 aliphatic rings. The fourth-order valence-corrected chi connectivity index (χ4v) is 2.59. The normalized spacial score (nSPS) is 17.0. The van der Waals surface area contributed by atoms with Gasteiger partial charge in [-0.15, -0.1) is 0 Å². The number of likely N-dealkylation sites (tertiary alicyclic amines) is 1. The molecule has 1 aromatic rings. The molecule has 4 heteroatoms. The van der Waals surface area contributed by atoms with E-state index < -0.39 is 6.10 Å². The molecule has 1 unspecified atom stereocenters. The summed E-state index contributed by atoms with van der Waals surface area (Å²) in [6.45, 7) is 7.61. The number of benzene rings is 1. The van der Waals surface area contributed by atoms with Gasteiger partial charge in [0.1, 0.15) is 18.5 Å².